The number of aliphatic hydroxyl groups is 1. The van der Waals surface area contributed by atoms with Crippen molar-refractivity contribution in [3.8, 4) is 0 Å². The Morgan fingerprint density at radius 1 is 1.17 bits per heavy atom. The number of benzene rings is 2. The zero-order valence-electron chi connectivity index (χ0n) is 10.00. The van der Waals surface area contributed by atoms with E-state index < -0.39 is 16.1 Å². The maximum atomic E-state index is 12.0. The largest absolute Gasteiger partial charge is 0.395 e. The van der Waals surface area contributed by atoms with Gasteiger partial charge in [0.1, 0.15) is 0 Å². The van der Waals surface area contributed by atoms with Gasteiger partial charge in [-0.25, -0.2) is 13.1 Å². The molecular formula is C13H15NO3S. The van der Waals surface area contributed by atoms with Crippen LogP contribution in [-0.4, -0.2) is 26.2 Å². The molecule has 0 bridgehead atoms. The molecule has 4 nitrogen and oxygen atoms in total. The number of rotatable bonds is 4. The van der Waals surface area contributed by atoms with Crippen molar-refractivity contribution in [3.05, 3.63) is 42.5 Å². The lowest BCUT2D eigenvalue weighted by Gasteiger charge is -2.12. The van der Waals surface area contributed by atoms with Gasteiger partial charge < -0.3 is 5.11 Å². The molecule has 0 aliphatic heterocycles. The fraction of sp³-hybridized carbons (Fsp3) is 0.231. The quantitative estimate of drug-likeness (QED) is 0.880. The van der Waals surface area contributed by atoms with Crippen LogP contribution in [0, 0.1) is 0 Å². The second kappa shape index (κ2) is 5.06. The maximum Gasteiger partial charge on any atom is 0.240 e. The van der Waals surface area contributed by atoms with Crippen LogP contribution in [0.1, 0.15) is 6.92 Å². The molecule has 18 heavy (non-hydrogen) atoms. The molecule has 96 valence electrons. The highest BCUT2D eigenvalue weighted by molar-refractivity contribution is 7.89. The van der Waals surface area contributed by atoms with Gasteiger partial charge in [-0.2, -0.15) is 0 Å². The summed E-state index contributed by atoms with van der Waals surface area (Å²) in [5.41, 5.74) is 0. The maximum absolute atomic E-state index is 12.0. The highest BCUT2D eigenvalue weighted by Crippen LogP contribution is 2.18. The van der Waals surface area contributed by atoms with Gasteiger partial charge in [0.15, 0.2) is 0 Å². The van der Waals surface area contributed by atoms with E-state index in [2.05, 4.69) is 4.72 Å². The lowest BCUT2D eigenvalue weighted by molar-refractivity contribution is 0.265. The van der Waals surface area contributed by atoms with Crippen molar-refractivity contribution >= 4 is 20.8 Å². The van der Waals surface area contributed by atoms with E-state index in [-0.39, 0.29) is 11.5 Å². The Kier molecular flexibility index (Phi) is 3.65. The van der Waals surface area contributed by atoms with E-state index in [1.165, 1.54) is 0 Å². The summed E-state index contributed by atoms with van der Waals surface area (Å²) in [5.74, 6) is 0. The van der Waals surface area contributed by atoms with Gasteiger partial charge in [-0.3, -0.25) is 0 Å². The molecule has 1 atom stereocenters. The summed E-state index contributed by atoms with van der Waals surface area (Å²) < 4.78 is 26.5. The molecule has 0 aromatic heterocycles. The molecule has 0 radical (unpaired) electrons. The van der Waals surface area contributed by atoms with E-state index in [9.17, 15) is 8.42 Å². The lowest BCUT2D eigenvalue weighted by Crippen LogP contribution is -2.34. The molecule has 2 aromatic rings. The molecule has 0 saturated carbocycles. The second-order valence-corrected chi connectivity index (χ2v) is 5.93. The lowest BCUT2D eigenvalue weighted by atomic mass is 10.1. The molecular weight excluding hydrogens is 250 g/mol. The van der Waals surface area contributed by atoms with Gasteiger partial charge in [-0.05, 0) is 29.8 Å². The first-order chi connectivity index (χ1) is 8.53. The topological polar surface area (TPSA) is 66.4 Å². The molecule has 5 heteroatoms. The third kappa shape index (κ3) is 2.69. The summed E-state index contributed by atoms with van der Waals surface area (Å²) in [7, 11) is -3.57. The minimum absolute atomic E-state index is 0.210. The van der Waals surface area contributed by atoms with Gasteiger partial charge >= 0.3 is 0 Å². The fourth-order valence-electron chi connectivity index (χ4n) is 1.70. The molecule has 0 fully saturated rings. The summed E-state index contributed by atoms with van der Waals surface area (Å²) in [6.45, 7) is 1.38. The van der Waals surface area contributed by atoms with E-state index in [1.54, 1.807) is 25.1 Å². The average Bonchev–Trinajstić information content (AvgIpc) is 2.37. The number of nitrogens with one attached hydrogen (secondary N) is 1. The Hall–Kier alpha value is -1.43. The van der Waals surface area contributed by atoms with Crippen molar-refractivity contribution in [2.75, 3.05) is 6.61 Å². The minimum Gasteiger partial charge on any atom is -0.395 e. The zero-order chi connectivity index (χ0) is 13.2. The van der Waals surface area contributed by atoms with Crippen LogP contribution in [0.3, 0.4) is 0 Å². The van der Waals surface area contributed by atoms with Crippen LogP contribution in [0.4, 0.5) is 0 Å². The number of hydrogen-bond donors (Lipinski definition) is 2. The van der Waals surface area contributed by atoms with Crippen molar-refractivity contribution < 1.29 is 13.5 Å². The predicted octanol–water partition coefficient (Wildman–Crippen LogP) is 1.50. The SMILES string of the molecule is CC(CO)NS(=O)(=O)c1ccc2ccccc2c1. The fourth-order valence-corrected chi connectivity index (χ4v) is 2.97. The molecule has 0 amide bonds. The summed E-state index contributed by atoms with van der Waals surface area (Å²) in [4.78, 5) is 0.210. The van der Waals surface area contributed by atoms with Crippen molar-refractivity contribution in [3.63, 3.8) is 0 Å². The molecule has 0 saturated heterocycles. The highest BCUT2D eigenvalue weighted by atomic mass is 32.2. The van der Waals surface area contributed by atoms with Crippen LogP contribution in [-0.2, 0) is 10.0 Å². The van der Waals surface area contributed by atoms with Gasteiger partial charge in [0, 0.05) is 6.04 Å². The Bertz CT molecular complexity index is 652. The minimum atomic E-state index is -3.57. The normalized spacial score (nSPS) is 13.7. The Morgan fingerprint density at radius 3 is 2.50 bits per heavy atom. The van der Waals surface area contributed by atoms with Crippen LogP contribution < -0.4 is 4.72 Å². The van der Waals surface area contributed by atoms with Gasteiger partial charge in [0.25, 0.3) is 0 Å². The van der Waals surface area contributed by atoms with Gasteiger partial charge in [-0.1, -0.05) is 30.3 Å². The van der Waals surface area contributed by atoms with Crippen LogP contribution in [0.5, 0.6) is 0 Å². The Balaban J connectivity index is 2.41. The van der Waals surface area contributed by atoms with E-state index in [4.69, 9.17) is 5.11 Å². The van der Waals surface area contributed by atoms with Crippen LogP contribution in [0.25, 0.3) is 10.8 Å². The van der Waals surface area contributed by atoms with Crippen molar-refractivity contribution in [2.24, 2.45) is 0 Å². The first-order valence-electron chi connectivity index (χ1n) is 5.65. The van der Waals surface area contributed by atoms with E-state index in [0.717, 1.165) is 10.8 Å². The number of aliphatic hydroxyl groups excluding tert-OH is 1. The molecule has 0 aliphatic rings. The summed E-state index contributed by atoms with van der Waals surface area (Å²) in [6.07, 6.45) is 0. The predicted molar refractivity (Wildman–Crippen MR) is 70.8 cm³/mol. The van der Waals surface area contributed by atoms with Crippen molar-refractivity contribution in [1.29, 1.82) is 0 Å². The monoisotopic (exact) mass is 265 g/mol. The van der Waals surface area contributed by atoms with E-state index in [0.29, 0.717) is 0 Å². The Morgan fingerprint density at radius 2 is 1.83 bits per heavy atom. The molecule has 2 aromatic carbocycles. The molecule has 0 spiro atoms. The molecule has 0 aliphatic carbocycles. The van der Waals surface area contributed by atoms with Crippen LogP contribution in [0.2, 0.25) is 0 Å². The summed E-state index contributed by atoms with van der Waals surface area (Å²) >= 11 is 0. The number of hydrogen-bond acceptors (Lipinski definition) is 3. The van der Waals surface area contributed by atoms with E-state index in [1.807, 2.05) is 24.3 Å². The molecule has 2 N–H and O–H groups in total. The van der Waals surface area contributed by atoms with E-state index >= 15 is 0 Å². The average molecular weight is 265 g/mol. The standard InChI is InChI=1S/C13H15NO3S/c1-10(9-15)14-18(16,17)13-7-6-11-4-2-3-5-12(11)8-13/h2-8,10,14-15H,9H2,1H3. The van der Waals surface area contributed by atoms with Crippen molar-refractivity contribution in [1.82, 2.24) is 4.72 Å². The zero-order valence-corrected chi connectivity index (χ0v) is 10.8. The highest BCUT2D eigenvalue weighted by Gasteiger charge is 2.16. The second-order valence-electron chi connectivity index (χ2n) is 4.21. The summed E-state index contributed by atoms with van der Waals surface area (Å²) in [5, 5.41) is 10.8. The first kappa shape index (κ1) is 13.0. The van der Waals surface area contributed by atoms with Crippen LogP contribution in [0.15, 0.2) is 47.4 Å². The first-order valence-corrected chi connectivity index (χ1v) is 7.13. The van der Waals surface area contributed by atoms with Crippen LogP contribution >= 0.6 is 0 Å². The third-order valence-electron chi connectivity index (χ3n) is 2.66. The third-order valence-corrected chi connectivity index (χ3v) is 4.25. The Labute approximate surface area is 106 Å². The number of fused-ring (bicyclic) bond motifs is 1. The smallest absolute Gasteiger partial charge is 0.240 e. The number of sulfonamides is 1. The van der Waals surface area contributed by atoms with Gasteiger partial charge in [0.2, 0.25) is 10.0 Å². The molecule has 2 rings (SSSR count). The van der Waals surface area contributed by atoms with Gasteiger partial charge in [-0.15, -0.1) is 0 Å². The summed E-state index contributed by atoms with van der Waals surface area (Å²) in [6, 6.07) is 12.0. The molecule has 1 unspecified atom stereocenters. The molecule has 0 heterocycles. The van der Waals surface area contributed by atoms with Crippen molar-refractivity contribution in [2.45, 2.75) is 17.9 Å². The van der Waals surface area contributed by atoms with Gasteiger partial charge in [0.05, 0.1) is 11.5 Å².